The maximum atomic E-state index is 10.2. The number of carbonyl (C=O) groups is 1. The topological polar surface area (TPSA) is 138 Å². The molecule has 0 aromatic rings. The van der Waals surface area contributed by atoms with Crippen LogP contribution >= 0.6 is 0 Å². The maximum Gasteiger partial charge on any atom is 0.394 e. The van der Waals surface area contributed by atoms with E-state index in [2.05, 4.69) is 0 Å². The van der Waals surface area contributed by atoms with E-state index in [0.717, 1.165) is 6.42 Å². The SMILES string of the molecule is CCC(C)C(N)C(=O)O.O=S(=O)(O)O. The van der Waals surface area contributed by atoms with Gasteiger partial charge >= 0.3 is 16.4 Å². The Bertz CT molecular complexity index is 253. The van der Waals surface area contributed by atoms with Crippen LogP contribution in [0.1, 0.15) is 20.3 Å². The molecule has 0 heterocycles. The van der Waals surface area contributed by atoms with Gasteiger partial charge in [0.25, 0.3) is 0 Å². The predicted octanol–water partition coefficient (Wildman–Crippen LogP) is -0.208. The monoisotopic (exact) mass is 229 g/mol. The van der Waals surface area contributed by atoms with Crippen molar-refractivity contribution in [1.82, 2.24) is 0 Å². The van der Waals surface area contributed by atoms with Gasteiger partial charge in [-0.05, 0) is 5.92 Å². The van der Waals surface area contributed by atoms with Gasteiger partial charge < -0.3 is 10.8 Å². The molecule has 0 spiro atoms. The molecule has 2 unspecified atom stereocenters. The molecule has 0 aromatic heterocycles. The average Bonchev–Trinajstić information content (AvgIpc) is 1.98. The lowest BCUT2D eigenvalue weighted by atomic mass is 10.0. The van der Waals surface area contributed by atoms with Crippen LogP contribution in [0.25, 0.3) is 0 Å². The molecule has 0 saturated carbocycles. The maximum absolute atomic E-state index is 10.2. The molecule has 0 bridgehead atoms. The van der Waals surface area contributed by atoms with Gasteiger partial charge in [0.15, 0.2) is 0 Å². The second kappa shape index (κ2) is 6.71. The average molecular weight is 229 g/mol. The van der Waals surface area contributed by atoms with Gasteiger partial charge in [-0.3, -0.25) is 13.9 Å². The minimum atomic E-state index is -4.67. The quantitative estimate of drug-likeness (QED) is 0.491. The third-order valence-electron chi connectivity index (χ3n) is 1.54. The van der Waals surface area contributed by atoms with Gasteiger partial charge in [0.1, 0.15) is 6.04 Å². The Balaban J connectivity index is 0. The summed E-state index contributed by atoms with van der Waals surface area (Å²) >= 11 is 0. The Kier molecular flexibility index (Phi) is 7.55. The molecule has 86 valence electrons. The molecule has 8 heteroatoms. The molecule has 0 saturated heterocycles. The van der Waals surface area contributed by atoms with Gasteiger partial charge in [0.2, 0.25) is 0 Å². The van der Waals surface area contributed by atoms with Crippen molar-refractivity contribution in [3.63, 3.8) is 0 Å². The fourth-order valence-electron chi connectivity index (χ4n) is 0.497. The predicted molar refractivity (Wildman–Crippen MR) is 49.2 cm³/mol. The van der Waals surface area contributed by atoms with E-state index in [9.17, 15) is 4.79 Å². The van der Waals surface area contributed by atoms with Crippen LogP contribution in [0.4, 0.5) is 0 Å². The summed E-state index contributed by atoms with van der Waals surface area (Å²) in [7, 11) is -4.67. The smallest absolute Gasteiger partial charge is 0.394 e. The highest BCUT2D eigenvalue weighted by Gasteiger charge is 2.17. The molecule has 0 amide bonds. The number of carboxylic acid groups (broad SMARTS) is 1. The molecule has 5 N–H and O–H groups in total. The Hall–Kier alpha value is -0.700. The van der Waals surface area contributed by atoms with Gasteiger partial charge in [-0.2, -0.15) is 8.42 Å². The molecular formula is C6H15NO6S. The first-order chi connectivity index (χ1) is 6.09. The first-order valence-electron chi connectivity index (χ1n) is 3.77. The van der Waals surface area contributed by atoms with Crippen molar-refractivity contribution in [3.05, 3.63) is 0 Å². The van der Waals surface area contributed by atoms with Gasteiger partial charge in [0.05, 0.1) is 0 Å². The highest BCUT2D eigenvalue weighted by atomic mass is 32.3. The Morgan fingerprint density at radius 3 is 1.79 bits per heavy atom. The zero-order chi connectivity index (χ0) is 11.9. The number of nitrogens with two attached hydrogens (primary N) is 1. The van der Waals surface area contributed by atoms with Crippen LogP contribution < -0.4 is 5.73 Å². The minimum Gasteiger partial charge on any atom is -0.480 e. The van der Waals surface area contributed by atoms with Crippen molar-refractivity contribution in [3.8, 4) is 0 Å². The fraction of sp³-hybridized carbons (Fsp3) is 0.833. The number of carboxylic acids is 1. The van der Waals surface area contributed by atoms with Gasteiger partial charge in [0, 0.05) is 0 Å². The second-order valence-electron chi connectivity index (χ2n) is 2.70. The van der Waals surface area contributed by atoms with Gasteiger partial charge in [-0.1, -0.05) is 20.3 Å². The molecule has 0 radical (unpaired) electrons. The first-order valence-corrected chi connectivity index (χ1v) is 5.17. The van der Waals surface area contributed by atoms with Crippen LogP contribution in [0, 0.1) is 5.92 Å². The molecule has 2 atom stereocenters. The lowest BCUT2D eigenvalue weighted by Gasteiger charge is -2.11. The number of hydrogen-bond acceptors (Lipinski definition) is 4. The van der Waals surface area contributed by atoms with Crippen molar-refractivity contribution in [2.45, 2.75) is 26.3 Å². The lowest BCUT2D eigenvalue weighted by molar-refractivity contribution is -0.139. The zero-order valence-electron chi connectivity index (χ0n) is 7.91. The van der Waals surface area contributed by atoms with E-state index >= 15 is 0 Å². The summed E-state index contributed by atoms with van der Waals surface area (Å²) in [6.45, 7) is 3.76. The Labute approximate surface area is 82.5 Å². The van der Waals surface area contributed by atoms with E-state index in [1.54, 1.807) is 0 Å². The van der Waals surface area contributed by atoms with E-state index in [4.69, 9.17) is 28.4 Å². The van der Waals surface area contributed by atoms with Crippen molar-refractivity contribution < 1.29 is 27.4 Å². The summed E-state index contributed by atoms with van der Waals surface area (Å²) in [5.41, 5.74) is 5.27. The standard InChI is InChI=1S/C6H13NO2.H2O4S/c1-3-4(2)5(7)6(8)9;1-5(2,3)4/h4-5H,3,7H2,1-2H3,(H,8,9);(H2,1,2,3,4). The van der Waals surface area contributed by atoms with Crippen molar-refractivity contribution in [2.75, 3.05) is 0 Å². The first kappa shape index (κ1) is 15.8. The van der Waals surface area contributed by atoms with E-state index in [1.807, 2.05) is 13.8 Å². The zero-order valence-corrected chi connectivity index (χ0v) is 8.73. The Morgan fingerprint density at radius 2 is 1.71 bits per heavy atom. The summed E-state index contributed by atoms with van der Waals surface area (Å²) in [6.07, 6.45) is 0.813. The number of rotatable bonds is 3. The molecular weight excluding hydrogens is 214 g/mol. The summed E-state index contributed by atoms with van der Waals surface area (Å²) < 4.78 is 31.6. The van der Waals surface area contributed by atoms with Gasteiger partial charge in [-0.15, -0.1) is 0 Å². The molecule has 14 heavy (non-hydrogen) atoms. The fourth-order valence-corrected chi connectivity index (χ4v) is 0.497. The minimum absolute atomic E-state index is 0.0718. The largest absolute Gasteiger partial charge is 0.480 e. The molecule has 0 aliphatic carbocycles. The molecule has 0 aliphatic heterocycles. The van der Waals surface area contributed by atoms with Crippen molar-refractivity contribution in [1.29, 1.82) is 0 Å². The third kappa shape index (κ3) is 13.9. The molecule has 0 rings (SSSR count). The van der Waals surface area contributed by atoms with Crippen LogP contribution in [-0.2, 0) is 15.2 Å². The van der Waals surface area contributed by atoms with Crippen LogP contribution in [0.3, 0.4) is 0 Å². The third-order valence-corrected chi connectivity index (χ3v) is 1.54. The van der Waals surface area contributed by atoms with Crippen molar-refractivity contribution in [2.24, 2.45) is 11.7 Å². The van der Waals surface area contributed by atoms with E-state index in [0.29, 0.717) is 0 Å². The highest BCUT2D eigenvalue weighted by Crippen LogP contribution is 2.04. The van der Waals surface area contributed by atoms with Gasteiger partial charge in [-0.25, -0.2) is 0 Å². The normalized spacial score (nSPS) is 14.9. The number of aliphatic carboxylic acids is 1. The number of hydrogen-bond donors (Lipinski definition) is 4. The second-order valence-corrected chi connectivity index (χ2v) is 3.59. The molecule has 7 nitrogen and oxygen atoms in total. The van der Waals surface area contributed by atoms with Crippen LogP contribution in [0.15, 0.2) is 0 Å². The molecule has 0 aliphatic rings. The Morgan fingerprint density at radius 1 is 1.43 bits per heavy atom. The van der Waals surface area contributed by atoms with E-state index < -0.39 is 22.4 Å². The summed E-state index contributed by atoms with van der Waals surface area (Å²) in [5, 5.41) is 8.36. The molecule has 0 fully saturated rings. The van der Waals surface area contributed by atoms with Crippen molar-refractivity contribution >= 4 is 16.4 Å². The summed E-state index contributed by atoms with van der Waals surface area (Å²) in [6, 6.07) is -0.699. The lowest BCUT2D eigenvalue weighted by Crippen LogP contribution is -2.36. The van der Waals surface area contributed by atoms with E-state index in [1.165, 1.54) is 0 Å². The summed E-state index contributed by atoms with van der Waals surface area (Å²) in [4.78, 5) is 10.2. The van der Waals surface area contributed by atoms with Crippen LogP contribution in [0.2, 0.25) is 0 Å². The summed E-state index contributed by atoms with van der Waals surface area (Å²) in [5.74, 6) is -0.841. The van der Waals surface area contributed by atoms with E-state index in [-0.39, 0.29) is 5.92 Å². The van der Waals surface area contributed by atoms with Crippen LogP contribution in [-0.4, -0.2) is 34.6 Å². The van der Waals surface area contributed by atoms with Crippen LogP contribution in [0.5, 0.6) is 0 Å². The highest BCUT2D eigenvalue weighted by molar-refractivity contribution is 7.79. The molecule has 0 aromatic carbocycles.